The monoisotopic (exact) mass is 323 g/mol. The largest absolute Gasteiger partial charge is 0.493 e. The van der Waals surface area contributed by atoms with E-state index in [0.29, 0.717) is 19.0 Å². The molecule has 2 rings (SSSR count). The minimum Gasteiger partial charge on any atom is -0.493 e. The Bertz CT molecular complexity index is 552. The number of carbonyl (C=O) groups is 1. The van der Waals surface area contributed by atoms with Crippen molar-refractivity contribution in [3.05, 3.63) is 11.4 Å². The summed E-state index contributed by atoms with van der Waals surface area (Å²) in [6, 6.07) is 0. The zero-order valence-electron chi connectivity index (χ0n) is 15.2. The molecular weight excluding hydrogens is 294 g/mol. The molecule has 0 radical (unpaired) electrons. The van der Waals surface area contributed by atoms with Crippen LogP contribution in [0.4, 0.5) is 4.79 Å². The Morgan fingerprint density at radius 2 is 1.91 bits per heavy atom. The SMILES string of the molecule is CCn1nc(C)c(OC)c1C1CCN(C(=O)OC(C)(C)C)CC1. The van der Waals surface area contributed by atoms with Gasteiger partial charge < -0.3 is 14.4 Å². The van der Waals surface area contributed by atoms with Gasteiger partial charge in [0, 0.05) is 25.6 Å². The van der Waals surface area contributed by atoms with E-state index in [1.165, 1.54) is 0 Å². The molecule has 0 aliphatic carbocycles. The van der Waals surface area contributed by atoms with Crippen LogP contribution in [0, 0.1) is 6.92 Å². The van der Waals surface area contributed by atoms with Crippen molar-refractivity contribution in [1.29, 1.82) is 0 Å². The summed E-state index contributed by atoms with van der Waals surface area (Å²) in [5.74, 6) is 1.26. The summed E-state index contributed by atoms with van der Waals surface area (Å²) in [6.45, 7) is 12.0. The molecule has 0 unspecified atom stereocenters. The molecule has 1 fully saturated rings. The highest BCUT2D eigenvalue weighted by atomic mass is 16.6. The second-order valence-electron chi connectivity index (χ2n) is 7.06. The number of aryl methyl sites for hydroxylation is 2. The van der Waals surface area contributed by atoms with Gasteiger partial charge in [0.05, 0.1) is 12.8 Å². The highest BCUT2D eigenvalue weighted by Crippen LogP contribution is 2.36. The van der Waals surface area contributed by atoms with Crippen LogP contribution in [0.25, 0.3) is 0 Å². The zero-order chi connectivity index (χ0) is 17.2. The summed E-state index contributed by atoms with van der Waals surface area (Å²) in [5, 5.41) is 4.56. The molecule has 6 heteroatoms. The second-order valence-corrected chi connectivity index (χ2v) is 7.06. The summed E-state index contributed by atoms with van der Waals surface area (Å²) in [5.41, 5.74) is 1.64. The quantitative estimate of drug-likeness (QED) is 0.856. The molecule has 130 valence electrons. The molecule has 23 heavy (non-hydrogen) atoms. The maximum atomic E-state index is 12.2. The van der Waals surface area contributed by atoms with Gasteiger partial charge in [-0.15, -0.1) is 0 Å². The molecule has 2 heterocycles. The molecule has 0 aromatic carbocycles. The molecule has 1 aromatic rings. The minimum absolute atomic E-state index is 0.219. The fourth-order valence-corrected chi connectivity index (χ4v) is 3.13. The van der Waals surface area contributed by atoms with Crippen LogP contribution in [0.3, 0.4) is 0 Å². The number of piperidine rings is 1. The van der Waals surface area contributed by atoms with Gasteiger partial charge in [0.1, 0.15) is 11.3 Å². The minimum atomic E-state index is -0.449. The number of nitrogens with zero attached hydrogens (tertiary/aromatic N) is 3. The second kappa shape index (κ2) is 6.81. The normalized spacial score (nSPS) is 16.5. The predicted molar refractivity (Wildman–Crippen MR) is 89.0 cm³/mol. The van der Waals surface area contributed by atoms with Gasteiger partial charge in [-0.05, 0) is 47.5 Å². The van der Waals surface area contributed by atoms with Crippen molar-refractivity contribution in [2.45, 2.75) is 65.5 Å². The van der Waals surface area contributed by atoms with Crippen LogP contribution in [0.5, 0.6) is 5.75 Å². The van der Waals surface area contributed by atoms with Crippen LogP contribution in [0.1, 0.15) is 57.8 Å². The van der Waals surface area contributed by atoms with Gasteiger partial charge in [0.15, 0.2) is 5.75 Å². The third-order valence-electron chi connectivity index (χ3n) is 4.15. The van der Waals surface area contributed by atoms with Crippen molar-refractivity contribution in [3.8, 4) is 5.75 Å². The fraction of sp³-hybridized carbons (Fsp3) is 0.765. The number of amides is 1. The van der Waals surface area contributed by atoms with Crippen molar-refractivity contribution < 1.29 is 14.3 Å². The number of likely N-dealkylation sites (tertiary alicyclic amines) is 1. The Hall–Kier alpha value is -1.72. The van der Waals surface area contributed by atoms with Crippen molar-refractivity contribution in [3.63, 3.8) is 0 Å². The third-order valence-corrected chi connectivity index (χ3v) is 4.15. The molecular formula is C17H29N3O3. The van der Waals surface area contributed by atoms with Crippen LogP contribution < -0.4 is 4.74 Å². The van der Waals surface area contributed by atoms with E-state index in [0.717, 1.165) is 36.5 Å². The highest BCUT2D eigenvalue weighted by molar-refractivity contribution is 5.68. The lowest BCUT2D eigenvalue weighted by molar-refractivity contribution is 0.0203. The standard InChI is InChI=1S/C17H29N3O3/c1-7-20-14(15(22-6)12(2)18-20)13-8-10-19(11-9-13)16(21)23-17(3,4)5/h13H,7-11H2,1-6H3. The molecule has 1 aromatic heterocycles. The fourth-order valence-electron chi connectivity index (χ4n) is 3.13. The molecule has 0 spiro atoms. The van der Waals surface area contributed by atoms with Crippen LogP contribution in [-0.4, -0.2) is 46.6 Å². The van der Waals surface area contributed by atoms with E-state index >= 15 is 0 Å². The predicted octanol–water partition coefficient (Wildman–Crippen LogP) is 3.33. The van der Waals surface area contributed by atoms with Gasteiger partial charge >= 0.3 is 6.09 Å². The van der Waals surface area contributed by atoms with Gasteiger partial charge in [-0.25, -0.2) is 4.79 Å². The maximum Gasteiger partial charge on any atom is 0.410 e. The molecule has 0 atom stereocenters. The third kappa shape index (κ3) is 3.98. The Labute approximate surface area is 138 Å². The topological polar surface area (TPSA) is 56.6 Å². The first-order valence-corrected chi connectivity index (χ1v) is 8.36. The summed E-state index contributed by atoms with van der Waals surface area (Å²) in [4.78, 5) is 14.0. The molecule has 6 nitrogen and oxygen atoms in total. The summed E-state index contributed by atoms with van der Waals surface area (Å²) < 4.78 is 13.0. The lowest BCUT2D eigenvalue weighted by Crippen LogP contribution is -2.41. The van der Waals surface area contributed by atoms with E-state index in [-0.39, 0.29) is 6.09 Å². The van der Waals surface area contributed by atoms with E-state index in [4.69, 9.17) is 9.47 Å². The molecule has 1 aliphatic rings. The number of hydrogen-bond acceptors (Lipinski definition) is 4. The number of hydrogen-bond donors (Lipinski definition) is 0. The van der Waals surface area contributed by atoms with E-state index in [2.05, 4.69) is 12.0 Å². The van der Waals surface area contributed by atoms with E-state index in [1.54, 1.807) is 12.0 Å². The summed E-state index contributed by atoms with van der Waals surface area (Å²) >= 11 is 0. The number of carbonyl (C=O) groups excluding carboxylic acids is 1. The summed E-state index contributed by atoms with van der Waals surface area (Å²) in [6.07, 6.45) is 1.59. The lowest BCUT2D eigenvalue weighted by Gasteiger charge is -2.33. The number of rotatable bonds is 3. The van der Waals surface area contributed by atoms with Gasteiger partial charge in [0.25, 0.3) is 0 Å². The number of ether oxygens (including phenoxy) is 2. The van der Waals surface area contributed by atoms with Crippen LogP contribution in [0.2, 0.25) is 0 Å². The molecule has 1 saturated heterocycles. The van der Waals surface area contributed by atoms with E-state index in [1.807, 2.05) is 32.4 Å². The molecule has 1 amide bonds. The first-order chi connectivity index (χ1) is 10.8. The maximum absolute atomic E-state index is 12.2. The van der Waals surface area contributed by atoms with Gasteiger partial charge in [-0.3, -0.25) is 4.68 Å². The molecule has 0 bridgehead atoms. The van der Waals surface area contributed by atoms with Crippen molar-refractivity contribution >= 4 is 6.09 Å². The number of methoxy groups -OCH3 is 1. The van der Waals surface area contributed by atoms with Crippen molar-refractivity contribution in [1.82, 2.24) is 14.7 Å². The van der Waals surface area contributed by atoms with Crippen molar-refractivity contribution in [2.24, 2.45) is 0 Å². The van der Waals surface area contributed by atoms with Gasteiger partial charge in [0.2, 0.25) is 0 Å². The first kappa shape index (κ1) is 17.6. The average Bonchev–Trinajstić information content (AvgIpc) is 2.81. The Morgan fingerprint density at radius 3 is 2.39 bits per heavy atom. The summed E-state index contributed by atoms with van der Waals surface area (Å²) in [7, 11) is 1.70. The van der Waals surface area contributed by atoms with Gasteiger partial charge in [-0.1, -0.05) is 0 Å². The first-order valence-electron chi connectivity index (χ1n) is 8.36. The average molecular weight is 323 g/mol. The van der Waals surface area contributed by atoms with Crippen molar-refractivity contribution in [2.75, 3.05) is 20.2 Å². The van der Waals surface area contributed by atoms with Crippen LogP contribution in [0.15, 0.2) is 0 Å². The molecule has 0 saturated carbocycles. The van der Waals surface area contributed by atoms with Crippen LogP contribution in [-0.2, 0) is 11.3 Å². The van der Waals surface area contributed by atoms with E-state index in [9.17, 15) is 4.79 Å². The Kier molecular flexibility index (Phi) is 5.22. The lowest BCUT2D eigenvalue weighted by atomic mass is 9.92. The Morgan fingerprint density at radius 1 is 1.30 bits per heavy atom. The smallest absolute Gasteiger partial charge is 0.410 e. The molecule has 1 aliphatic heterocycles. The molecule has 0 N–H and O–H groups in total. The number of aromatic nitrogens is 2. The van der Waals surface area contributed by atoms with E-state index < -0.39 is 5.60 Å². The zero-order valence-corrected chi connectivity index (χ0v) is 15.2. The van der Waals surface area contributed by atoms with Gasteiger partial charge in [-0.2, -0.15) is 5.10 Å². The highest BCUT2D eigenvalue weighted by Gasteiger charge is 2.31. The Balaban J connectivity index is 2.06. The van der Waals surface area contributed by atoms with Crippen LogP contribution >= 0.6 is 0 Å².